The average Bonchev–Trinajstić information content (AvgIpc) is 2.43. The Morgan fingerprint density at radius 3 is 2.28 bits per heavy atom. The molecule has 1 aromatic carbocycles. The molecule has 0 aliphatic rings. The van der Waals surface area contributed by atoms with Gasteiger partial charge in [-0.15, -0.1) is 0 Å². The molecule has 1 radical (unpaired) electrons. The van der Waals surface area contributed by atoms with Crippen molar-refractivity contribution in [2.24, 2.45) is 0 Å². The number of hydrogen-bond donors (Lipinski definition) is 0. The summed E-state index contributed by atoms with van der Waals surface area (Å²) in [6.07, 6.45) is 12.3. The third-order valence-electron chi connectivity index (χ3n) is 3.74. The summed E-state index contributed by atoms with van der Waals surface area (Å²) >= 11 is 0. The highest BCUT2D eigenvalue weighted by molar-refractivity contribution is 5.17. The zero-order valence-electron chi connectivity index (χ0n) is 12.3. The predicted molar refractivity (Wildman–Crippen MR) is 80.9 cm³/mol. The van der Waals surface area contributed by atoms with Gasteiger partial charge < -0.3 is 0 Å². The standard InChI is InChI=1S/C18H29/c1-3-5-7-8-10-14-17(13-6-4-2)18-15-11-9-12-16-18/h9,11-12,15,17H,3-8,10,13-14H2,1-2H3. The van der Waals surface area contributed by atoms with Crippen molar-refractivity contribution in [3.8, 4) is 0 Å². The highest BCUT2D eigenvalue weighted by Crippen LogP contribution is 2.27. The number of hydrogen-bond acceptors (Lipinski definition) is 0. The highest BCUT2D eigenvalue weighted by Gasteiger charge is 2.10. The van der Waals surface area contributed by atoms with Crippen LogP contribution in [0.15, 0.2) is 24.3 Å². The SMILES string of the molecule is CCCCCCCC(CCCC)c1[c]cccc1. The third kappa shape index (κ3) is 6.23. The van der Waals surface area contributed by atoms with E-state index in [1.54, 1.807) is 0 Å². The molecule has 0 heterocycles. The second-order valence-corrected chi connectivity index (χ2v) is 5.36. The minimum atomic E-state index is 0.743. The average molecular weight is 245 g/mol. The molecule has 0 heteroatoms. The summed E-state index contributed by atoms with van der Waals surface area (Å²) in [5.41, 5.74) is 1.43. The van der Waals surface area contributed by atoms with Gasteiger partial charge in [0.25, 0.3) is 0 Å². The highest BCUT2D eigenvalue weighted by atomic mass is 14.1. The van der Waals surface area contributed by atoms with E-state index >= 15 is 0 Å². The molecule has 0 amide bonds. The molecule has 18 heavy (non-hydrogen) atoms. The van der Waals surface area contributed by atoms with Crippen LogP contribution in [0, 0.1) is 6.07 Å². The molecular formula is C18H29. The van der Waals surface area contributed by atoms with Crippen molar-refractivity contribution in [3.05, 3.63) is 35.9 Å². The zero-order chi connectivity index (χ0) is 13.1. The Hall–Kier alpha value is -0.780. The molecule has 0 fully saturated rings. The Labute approximate surface area is 114 Å². The topological polar surface area (TPSA) is 0 Å². The molecule has 0 aromatic heterocycles. The smallest absolute Gasteiger partial charge is 0.0146 e. The van der Waals surface area contributed by atoms with Crippen LogP contribution in [0.2, 0.25) is 0 Å². The first-order valence-corrected chi connectivity index (χ1v) is 7.85. The lowest BCUT2D eigenvalue weighted by atomic mass is 9.88. The molecular weight excluding hydrogens is 216 g/mol. The maximum Gasteiger partial charge on any atom is -0.0146 e. The van der Waals surface area contributed by atoms with Gasteiger partial charge in [-0.2, -0.15) is 0 Å². The molecule has 1 unspecified atom stereocenters. The van der Waals surface area contributed by atoms with E-state index in [1.165, 1.54) is 63.4 Å². The summed E-state index contributed by atoms with van der Waals surface area (Å²) in [6, 6.07) is 12.0. The molecule has 0 aliphatic carbocycles. The van der Waals surface area contributed by atoms with Crippen LogP contribution in [-0.2, 0) is 0 Å². The molecule has 0 N–H and O–H groups in total. The minimum Gasteiger partial charge on any atom is -0.0654 e. The lowest BCUT2D eigenvalue weighted by Crippen LogP contribution is -1.99. The lowest BCUT2D eigenvalue weighted by Gasteiger charge is -2.16. The van der Waals surface area contributed by atoms with Crippen molar-refractivity contribution < 1.29 is 0 Å². The van der Waals surface area contributed by atoms with Crippen LogP contribution in [0.5, 0.6) is 0 Å². The third-order valence-corrected chi connectivity index (χ3v) is 3.74. The molecule has 0 aliphatic heterocycles. The van der Waals surface area contributed by atoms with E-state index in [9.17, 15) is 0 Å². The van der Waals surface area contributed by atoms with Gasteiger partial charge in [0.1, 0.15) is 0 Å². The predicted octanol–water partition coefficient (Wildman–Crippen LogP) is 6.12. The van der Waals surface area contributed by atoms with Gasteiger partial charge in [0.05, 0.1) is 0 Å². The van der Waals surface area contributed by atoms with Crippen LogP contribution in [0.25, 0.3) is 0 Å². The van der Waals surface area contributed by atoms with E-state index in [-0.39, 0.29) is 0 Å². The number of rotatable bonds is 10. The molecule has 0 nitrogen and oxygen atoms in total. The van der Waals surface area contributed by atoms with Crippen molar-refractivity contribution in [3.63, 3.8) is 0 Å². The van der Waals surface area contributed by atoms with E-state index in [0.29, 0.717) is 0 Å². The van der Waals surface area contributed by atoms with Crippen LogP contribution in [-0.4, -0.2) is 0 Å². The van der Waals surface area contributed by atoms with Gasteiger partial charge in [-0.3, -0.25) is 0 Å². The van der Waals surface area contributed by atoms with Crippen molar-refractivity contribution in [1.82, 2.24) is 0 Å². The number of unbranched alkanes of at least 4 members (excludes halogenated alkanes) is 5. The van der Waals surface area contributed by atoms with Gasteiger partial charge in [-0.05, 0) is 30.4 Å². The van der Waals surface area contributed by atoms with Crippen LogP contribution in [0.3, 0.4) is 0 Å². The maximum atomic E-state index is 3.43. The Bertz CT molecular complexity index is 275. The lowest BCUT2D eigenvalue weighted by molar-refractivity contribution is 0.504. The van der Waals surface area contributed by atoms with Crippen molar-refractivity contribution >= 4 is 0 Å². The van der Waals surface area contributed by atoms with E-state index in [4.69, 9.17) is 0 Å². The fourth-order valence-corrected chi connectivity index (χ4v) is 2.56. The second kappa shape index (κ2) is 10.2. The monoisotopic (exact) mass is 245 g/mol. The van der Waals surface area contributed by atoms with Crippen LogP contribution in [0.4, 0.5) is 0 Å². The maximum absolute atomic E-state index is 3.43. The summed E-state index contributed by atoms with van der Waals surface area (Å²) < 4.78 is 0. The van der Waals surface area contributed by atoms with E-state index in [1.807, 2.05) is 0 Å². The van der Waals surface area contributed by atoms with Crippen molar-refractivity contribution in [2.45, 2.75) is 77.6 Å². The van der Waals surface area contributed by atoms with Crippen LogP contribution < -0.4 is 0 Å². The summed E-state index contributed by atoms with van der Waals surface area (Å²) in [6.45, 7) is 4.57. The normalized spacial score (nSPS) is 12.6. The van der Waals surface area contributed by atoms with Crippen LogP contribution >= 0.6 is 0 Å². The van der Waals surface area contributed by atoms with Crippen molar-refractivity contribution in [1.29, 1.82) is 0 Å². The molecule has 0 saturated carbocycles. The van der Waals surface area contributed by atoms with Gasteiger partial charge in [0.2, 0.25) is 0 Å². The van der Waals surface area contributed by atoms with E-state index in [2.05, 4.69) is 44.2 Å². The van der Waals surface area contributed by atoms with E-state index in [0.717, 1.165) is 5.92 Å². The molecule has 1 aromatic rings. The Kier molecular flexibility index (Phi) is 8.63. The van der Waals surface area contributed by atoms with Gasteiger partial charge in [-0.25, -0.2) is 0 Å². The molecule has 0 bridgehead atoms. The summed E-state index contributed by atoms with van der Waals surface area (Å²) in [7, 11) is 0. The summed E-state index contributed by atoms with van der Waals surface area (Å²) in [5, 5.41) is 0. The fourth-order valence-electron chi connectivity index (χ4n) is 2.56. The first-order chi connectivity index (χ1) is 8.88. The molecule has 101 valence electrons. The van der Waals surface area contributed by atoms with Gasteiger partial charge in [0, 0.05) is 0 Å². The first-order valence-electron chi connectivity index (χ1n) is 7.85. The Balaban J connectivity index is 2.36. The van der Waals surface area contributed by atoms with Gasteiger partial charge in [-0.1, -0.05) is 83.1 Å². The van der Waals surface area contributed by atoms with Gasteiger partial charge in [0.15, 0.2) is 0 Å². The second-order valence-electron chi connectivity index (χ2n) is 5.36. The van der Waals surface area contributed by atoms with Crippen molar-refractivity contribution in [2.75, 3.05) is 0 Å². The minimum absolute atomic E-state index is 0.743. The molecule has 0 saturated heterocycles. The van der Waals surface area contributed by atoms with Crippen LogP contribution in [0.1, 0.15) is 83.1 Å². The summed E-state index contributed by atoms with van der Waals surface area (Å²) in [4.78, 5) is 0. The molecule has 0 spiro atoms. The number of benzene rings is 1. The van der Waals surface area contributed by atoms with Gasteiger partial charge >= 0.3 is 0 Å². The first kappa shape index (κ1) is 15.3. The van der Waals surface area contributed by atoms with E-state index < -0.39 is 0 Å². The largest absolute Gasteiger partial charge is 0.0654 e. The zero-order valence-corrected chi connectivity index (χ0v) is 12.3. The quantitative estimate of drug-likeness (QED) is 0.435. The molecule has 1 rings (SSSR count). The fraction of sp³-hybridized carbons (Fsp3) is 0.667. The summed E-state index contributed by atoms with van der Waals surface area (Å²) in [5.74, 6) is 0.743. The Morgan fingerprint density at radius 1 is 0.889 bits per heavy atom. The Morgan fingerprint density at radius 2 is 1.61 bits per heavy atom. The molecule has 1 atom stereocenters.